The number of rotatable bonds is 4. The van der Waals surface area contributed by atoms with Gasteiger partial charge in [0, 0.05) is 31.2 Å². The molecule has 0 fully saturated rings. The fourth-order valence-corrected chi connectivity index (χ4v) is 1.97. The molecule has 0 amide bonds. The molecule has 0 aromatic carbocycles. The average Bonchev–Trinajstić information content (AvgIpc) is 2.72. The third-order valence-electron chi connectivity index (χ3n) is 2.69. The van der Waals surface area contributed by atoms with Gasteiger partial charge in [0.25, 0.3) is 0 Å². The van der Waals surface area contributed by atoms with E-state index in [2.05, 4.69) is 23.4 Å². The van der Waals surface area contributed by atoms with Crippen LogP contribution in [0, 0.1) is 0 Å². The van der Waals surface area contributed by atoms with Crippen molar-refractivity contribution < 1.29 is 0 Å². The van der Waals surface area contributed by atoms with Gasteiger partial charge in [0.2, 0.25) is 0 Å². The molecule has 2 heterocycles. The Morgan fingerprint density at radius 2 is 2.12 bits per heavy atom. The molecular weight excluding hydrogens is 222 g/mol. The Hall–Kier alpha value is -1.22. The van der Waals surface area contributed by atoms with E-state index in [-0.39, 0.29) is 17.9 Å². The molecule has 1 N–H and O–H groups in total. The fourth-order valence-electron chi connectivity index (χ4n) is 1.97. The molecule has 0 spiro atoms. The number of halogens is 1. The highest BCUT2D eigenvalue weighted by atomic mass is 35.5. The maximum atomic E-state index is 4.13. The minimum absolute atomic E-state index is 0. The van der Waals surface area contributed by atoms with Crippen LogP contribution in [0.3, 0.4) is 0 Å². The number of nitrogens with zero attached hydrogens (tertiary/aromatic N) is 2. The highest BCUT2D eigenvalue weighted by molar-refractivity contribution is 5.85. The molecular formula is C12H18ClN3. The van der Waals surface area contributed by atoms with Gasteiger partial charge in [0.15, 0.2) is 0 Å². The van der Waals surface area contributed by atoms with Crippen molar-refractivity contribution in [2.75, 3.05) is 5.43 Å². The molecule has 1 aromatic heterocycles. The van der Waals surface area contributed by atoms with E-state index in [1.165, 1.54) is 0 Å². The van der Waals surface area contributed by atoms with Crippen LogP contribution in [0.5, 0.6) is 0 Å². The molecule has 4 heteroatoms. The maximum absolute atomic E-state index is 4.13. The van der Waals surface area contributed by atoms with E-state index in [1.54, 1.807) is 0 Å². The van der Waals surface area contributed by atoms with Gasteiger partial charge in [-0.3, -0.25) is 9.67 Å². The van der Waals surface area contributed by atoms with Gasteiger partial charge in [0.05, 0.1) is 5.54 Å². The lowest BCUT2D eigenvalue weighted by molar-refractivity contribution is 0.485. The van der Waals surface area contributed by atoms with Crippen LogP contribution in [0.2, 0.25) is 0 Å². The molecule has 1 aliphatic heterocycles. The van der Waals surface area contributed by atoms with Crippen LogP contribution in [0.15, 0.2) is 41.8 Å². The highest BCUT2D eigenvalue weighted by Gasteiger charge is 2.26. The lowest BCUT2D eigenvalue weighted by Gasteiger charge is -2.33. The number of aliphatic imine (C=N–C) groups is 1. The Labute approximate surface area is 103 Å². The summed E-state index contributed by atoms with van der Waals surface area (Å²) in [6, 6.07) is 4.04. The zero-order valence-corrected chi connectivity index (χ0v) is 10.3. The summed E-state index contributed by atoms with van der Waals surface area (Å²) in [5.41, 5.74) is 3.55. The average molecular weight is 240 g/mol. The topological polar surface area (TPSA) is 29.3 Å². The Bertz CT molecular complexity index is 356. The van der Waals surface area contributed by atoms with E-state index >= 15 is 0 Å². The van der Waals surface area contributed by atoms with Crippen molar-refractivity contribution in [3.63, 3.8) is 0 Å². The van der Waals surface area contributed by atoms with Gasteiger partial charge in [-0.2, -0.15) is 0 Å². The molecule has 3 nitrogen and oxygen atoms in total. The molecule has 1 aromatic rings. The van der Waals surface area contributed by atoms with Crippen LogP contribution < -0.4 is 5.43 Å². The summed E-state index contributed by atoms with van der Waals surface area (Å²) in [7, 11) is 0. The number of hydrogen-bond acceptors (Lipinski definition) is 2. The minimum atomic E-state index is 0. The first-order valence-corrected chi connectivity index (χ1v) is 5.45. The van der Waals surface area contributed by atoms with Gasteiger partial charge in [-0.15, -0.1) is 12.4 Å². The van der Waals surface area contributed by atoms with Crippen molar-refractivity contribution in [1.29, 1.82) is 0 Å². The molecule has 0 radical (unpaired) electrons. The number of hydrogen-bond donors (Lipinski definition) is 1. The first-order chi connectivity index (χ1) is 7.35. The first kappa shape index (κ1) is 12.8. The molecule has 1 atom stereocenters. The Morgan fingerprint density at radius 3 is 2.69 bits per heavy atom. The van der Waals surface area contributed by atoms with E-state index in [0.717, 1.165) is 19.3 Å². The second kappa shape index (κ2) is 5.75. The molecule has 1 unspecified atom stereocenters. The van der Waals surface area contributed by atoms with Crippen molar-refractivity contribution in [3.8, 4) is 0 Å². The van der Waals surface area contributed by atoms with Gasteiger partial charge in [-0.1, -0.05) is 13.3 Å². The van der Waals surface area contributed by atoms with Crippen LogP contribution >= 0.6 is 12.4 Å². The lowest BCUT2D eigenvalue weighted by Crippen LogP contribution is -2.42. The van der Waals surface area contributed by atoms with Gasteiger partial charge in [-0.25, -0.2) is 0 Å². The van der Waals surface area contributed by atoms with Crippen LogP contribution in [-0.2, 0) is 0 Å². The summed E-state index contributed by atoms with van der Waals surface area (Å²) in [6.07, 6.45) is 13.3. The summed E-state index contributed by atoms with van der Waals surface area (Å²) in [6.45, 7) is 2.21. The smallest absolute Gasteiger partial charge is 0.0779 e. The molecule has 88 valence electrons. The van der Waals surface area contributed by atoms with Crippen molar-refractivity contribution in [3.05, 3.63) is 36.8 Å². The second-order valence-electron chi connectivity index (χ2n) is 3.96. The van der Waals surface area contributed by atoms with E-state index < -0.39 is 0 Å². The Balaban J connectivity index is 0.00000128. The zero-order valence-electron chi connectivity index (χ0n) is 9.47. The minimum Gasteiger partial charge on any atom is -0.316 e. The van der Waals surface area contributed by atoms with Crippen LogP contribution in [0.1, 0.15) is 26.2 Å². The van der Waals surface area contributed by atoms with Crippen LogP contribution in [0.25, 0.3) is 0 Å². The normalized spacial score (nSPS) is 22.8. The quantitative estimate of drug-likeness (QED) is 0.860. The summed E-state index contributed by atoms with van der Waals surface area (Å²) in [5.74, 6) is 0. The van der Waals surface area contributed by atoms with Crippen molar-refractivity contribution in [2.24, 2.45) is 4.99 Å². The Morgan fingerprint density at radius 1 is 1.38 bits per heavy atom. The molecule has 1 aliphatic rings. The predicted octanol–water partition coefficient (Wildman–Crippen LogP) is 2.98. The standard InChI is InChI=1S/C12H17N3.ClH/c1-2-5-12(6-8-13-9-7-12)14-15-10-3-4-11-15;/h3-4,6,8-11,14H,2,5,7H2,1H3;1H. The molecule has 0 saturated heterocycles. The summed E-state index contributed by atoms with van der Waals surface area (Å²) in [4.78, 5) is 4.13. The van der Waals surface area contributed by atoms with E-state index in [1.807, 2.05) is 41.6 Å². The van der Waals surface area contributed by atoms with Gasteiger partial charge in [0.1, 0.15) is 0 Å². The van der Waals surface area contributed by atoms with E-state index in [4.69, 9.17) is 0 Å². The fraction of sp³-hybridized carbons (Fsp3) is 0.417. The predicted molar refractivity (Wildman–Crippen MR) is 70.9 cm³/mol. The maximum Gasteiger partial charge on any atom is 0.0779 e. The summed E-state index contributed by atoms with van der Waals surface area (Å²) in [5, 5.41) is 0. The molecule has 2 rings (SSSR count). The van der Waals surface area contributed by atoms with Crippen molar-refractivity contribution in [1.82, 2.24) is 4.68 Å². The van der Waals surface area contributed by atoms with E-state index in [0.29, 0.717) is 0 Å². The van der Waals surface area contributed by atoms with Gasteiger partial charge >= 0.3 is 0 Å². The Kier molecular flexibility index (Phi) is 4.62. The van der Waals surface area contributed by atoms with E-state index in [9.17, 15) is 0 Å². The van der Waals surface area contributed by atoms with Crippen molar-refractivity contribution >= 4 is 18.6 Å². The number of nitrogens with one attached hydrogen (secondary N) is 1. The summed E-state index contributed by atoms with van der Waals surface area (Å²) >= 11 is 0. The monoisotopic (exact) mass is 239 g/mol. The zero-order chi connectivity index (χ0) is 10.6. The first-order valence-electron chi connectivity index (χ1n) is 5.45. The lowest BCUT2D eigenvalue weighted by atomic mass is 9.90. The SMILES string of the molecule is CCCC1(Nn2cccc2)C=CN=CC1.Cl. The van der Waals surface area contributed by atoms with Gasteiger partial charge < -0.3 is 5.43 Å². The highest BCUT2D eigenvalue weighted by Crippen LogP contribution is 2.22. The molecule has 16 heavy (non-hydrogen) atoms. The summed E-state index contributed by atoms with van der Waals surface area (Å²) < 4.78 is 2.01. The molecule has 0 aliphatic carbocycles. The van der Waals surface area contributed by atoms with Crippen LogP contribution in [-0.4, -0.2) is 16.4 Å². The van der Waals surface area contributed by atoms with Crippen LogP contribution in [0.4, 0.5) is 0 Å². The van der Waals surface area contributed by atoms with Crippen molar-refractivity contribution in [2.45, 2.75) is 31.7 Å². The molecule has 0 bridgehead atoms. The second-order valence-corrected chi connectivity index (χ2v) is 3.96. The van der Waals surface area contributed by atoms with Gasteiger partial charge in [-0.05, 0) is 24.6 Å². The number of aromatic nitrogens is 1. The molecule has 0 saturated carbocycles. The largest absolute Gasteiger partial charge is 0.316 e. The third-order valence-corrected chi connectivity index (χ3v) is 2.69. The third kappa shape index (κ3) is 2.89.